The smallest absolute Gasteiger partial charge is 0.323 e. The number of carboxylic acids is 1. The first-order chi connectivity index (χ1) is 11.9. The van der Waals surface area contributed by atoms with E-state index < -0.39 is 25.4 Å². The van der Waals surface area contributed by atoms with Crippen LogP contribution in [-0.2, 0) is 20.6 Å². The number of rotatable bonds is 9. The molecule has 7 nitrogen and oxygen atoms in total. The van der Waals surface area contributed by atoms with E-state index in [-0.39, 0.29) is 12.7 Å². The van der Waals surface area contributed by atoms with E-state index >= 15 is 0 Å². The van der Waals surface area contributed by atoms with E-state index in [9.17, 15) is 19.0 Å². The van der Waals surface area contributed by atoms with Crippen LogP contribution < -0.4 is 5.09 Å². The Bertz CT molecular complexity index is 637. The molecule has 25 heavy (non-hydrogen) atoms. The molecule has 0 spiro atoms. The van der Waals surface area contributed by atoms with Crippen LogP contribution in [-0.4, -0.2) is 52.1 Å². The predicted molar refractivity (Wildman–Crippen MR) is 94.4 cm³/mol. The highest BCUT2D eigenvalue weighted by atomic mass is 31.2. The Morgan fingerprint density at radius 2 is 2.00 bits per heavy atom. The lowest BCUT2D eigenvalue weighted by Gasteiger charge is -2.32. The number of aliphatic carboxylic acids is 1. The summed E-state index contributed by atoms with van der Waals surface area (Å²) in [5.74, 6) is -1.49. The number of piperidine rings is 1. The van der Waals surface area contributed by atoms with Crippen LogP contribution in [0.4, 0.5) is 0 Å². The number of carboxylic acid groups (broad SMARTS) is 1. The predicted octanol–water partition coefficient (Wildman–Crippen LogP) is 1.86. The molecule has 1 aromatic carbocycles. The molecule has 0 saturated carbocycles. The number of nitrogens with zero attached hydrogens (tertiary/aromatic N) is 1. The number of nitrogens with one attached hydrogen (secondary N) is 1. The van der Waals surface area contributed by atoms with Crippen LogP contribution in [0.5, 0.6) is 0 Å². The topological polar surface area (TPSA) is 107 Å². The van der Waals surface area contributed by atoms with Gasteiger partial charge in [-0.1, -0.05) is 30.3 Å². The molecule has 1 saturated heterocycles. The van der Waals surface area contributed by atoms with Gasteiger partial charge in [-0.15, -0.1) is 0 Å². The molecule has 1 aliphatic heterocycles. The molecule has 3 N–H and O–H groups in total. The summed E-state index contributed by atoms with van der Waals surface area (Å²) >= 11 is 0. The fourth-order valence-corrected chi connectivity index (χ4v) is 4.50. The van der Waals surface area contributed by atoms with Gasteiger partial charge in [0.2, 0.25) is 5.91 Å². The minimum absolute atomic E-state index is 0.0997. The normalized spacial score (nSPS) is 20.3. The van der Waals surface area contributed by atoms with Gasteiger partial charge in [-0.25, -0.2) is 5.09 Å². The van der Waals surface area contributed by atoms with E-state index in [0.717, 1.165) is 12.8 Å². The molecule has 1 amide bonds. The molecule has 1 aliphatic rings. The van der Waals surface area contributed by atoms with Crippen molar-refractivity contribution >= 4 is 19.4 Å². The molecule has 1 aromatic rings. The average molecular weight is 368 g/mol. The van der Waals surface area contributed by atoms with Gasteiger partial charge in [-0.05, 0) is 37.7 Å². The van der Waals surface area contributed by atoms with E-state index in [2.05, 4.69) is 5.09 Å². The molecular formula is C17H25N2O5P. The van der Waals surface area contributed by atoms with Crippen molar-refractivity contribution in [3.63, 3.8) is 0 Å². The van der Waals surface area contributed by atoms with E-state index in [4.69, 9.17) is 5.11 Å². The van der Waals surface area contributed by atoms with Crippen LogP contribution in [0.2, 0.25) is 0 Å². The van der Waals surface area contributed by atoms with Gasteiger partial charge in [-0.3, -0.25) is 14.2 Å². The maximum absolute atomic E-state index is 12.3. The molecule has 0 aromatic heterocycles. The number of hydrogen-bond acceptors (Lipinski definition) is 3. The second kappa shape index (κ2) is 9.13. The van der Waals surface area contributed by atoms with Crippen LogP contribution in [0, 0.1) is 0 Å². The highest BCUT2D eigenvalue weighted by Gasteiger charge is 2.33. The Morgan fingerprint density at radius 1 is 1.28 bits per heavy atom. The van der Waals surface area contributed by atoms with Gasteiger partial charge in [0.1, 0.15) is 6.54 Å². The minimum Gasteiger partial charge on any atom is -0.480 e. The lowest BCUT2D eigenvalue weighted by atomic mass is 10.1. The number of likely N-dealkylation sites (tertiary alicyclic amines) is 1. The molecule has 138 valence electrons. The Kier molecular flexibility index (Phi) is 7.17. The van der Waals surface area contributed by atoms with Gasteiger partial charge < -0.3 is 14.9 Å². The van der Waals surface area contributed by atoms with Gasteiger partial charge in [0.05, 0.1) is 6.04 Å². The number of carbonyl (C=O) groups is 2. The molecule has 1 unspecified atom stereocenters. The summed E-state index contributed by atoms with van der Waals surface area (Å²) in [5.41, 5.74) is 1.19. The Balaban J connectivity index is 1.78. The maximum Gasteiger partial charge on any atom is 0.323 e. The van der Waals surface area contributed by atoms with Gasteiger partial charge in [0.15, 0.2) is 0 Å². The highest BCUT2D eigenvalue weighted by molar-refractivity contribution is 7.55. The Labute approximate surface area is 147 Å². The zero-order chi connectivity index (χ0) is 18.3. The van der Waals surface area contributed by atoms with Crippen LogP contribution in [0.25, 0.3) is 0 Å². The summed E-state index contributed by atoms with van der Waals surface area (Å²) in [4.78, 5) is 34.3. The van der Waals surface area contributed by atoms with Crippen LogP contribution in [0.15, 0.2) is 30.3 Å². The van der Waals surface area contributed by atoms with E-state index in [1.54, 1.807) is 0 Å². The van der Waals surface area contributed by atoms with Crippen molar-refractivity contribution in [1.82, 2.24) is 9.99 Å². The van der Waals surface area contributed by atoms with Crippen LogP contribution in [0.1, 0.15) is 31.2 Å². The summed E-state index contributed by atoms with van der Waals surface area (Å²) < 4.78 is 12.3. The van der Waals surface area contributed by atoms with E-state index in [0.29, 0.717) is 25.8 Å². The first kappa shape index (κ1) is 19.6. The summed E-state index contributed by atoms with van der Waals surface area (Å²) in [6.45, 7) is -0.0000612. The van der Waals surface area contributed by atoms with E-state index in [1.165, 1.54) is 10.5 Å². The number of hydrogen-bond donors (Lipinski definition) is 3. The van der Waals surface area contributed by atoms with Crippen LogP contribution in [0.3, 0.4) is 0 Å². The molecule has 2 rings (SSSR count). The number of amides is 1. The summed E-state index contributed by atoms with van der Waals surface area (Å²) in [7, 11) is -3.63. The third-order valence-electron chi connectivity index (χ3n) is 4.23. The summed E-state index contributed by atoms with van der Waals surface area (Å²) in [6.07, 6.45) is 3.38. The largest absolute Gasteiger partial charge is 0.480 e. The fraction of sp³-hybridized carbons (Fsp3) is 0.529. The standard InChI is InChI=1S/C17H25N2O5P/c20-16(21)13-19-11-6-10-15(17(19)22)18-25(23,24)12-5-4-9-14-7-2-1-3-8-14/h1-3,7-8,15H,4-6,9-13H2,(H,20,21)(H2,18,23,24)/t15-/m0/s1. The molecule has 8 heteroatoms. The van der Waals surface area contributed by atoms with Crippen molar-refractivity contribution in [2.24, 2.45) is 0 Å². The van der Waals surface area contributed by atoms with Crippen molar-refractivity contribution in [2.75, 3.05) is 19.3 Å². The Morgan fingerprint density at radius 3 is 2.68 bits per heavy atom. The third kappa shape index (κ3) is 6.61. The molecule has 1 heterocycles. The number of unbranched alkanes of at least 4 members (excludes halogenated alkanes) is 1. The Hall–Kier alpha value is -1.69. The maximum atomic E-state index is 12.3. The van der Waals surface area contributed by atoms with Crippen LogP contribution >= 0.6 is 7.52 Å². The molecule has 1 fully saturated rings. The summed E-state index contributed by atoms with van der Waals surface area (Å²) in [5, 5.41) is 11.4. The number of benzene rings is 1. The van der Waals surface area contributed by atoms with Crippen molar-refractivity contribution in [3.8, 4) is 0 Å². The average Bonchev–Trinajstić information content (AvgIpc) is 2.56. The van der Waals surface area contributed by atoms with Gasteiger partial charge >= 0.3 is 5.97 Å². The third-order valence-corrected chi connectivity index (χ3v) is 5.87. The second-order valence-electron chi connectivity index (χ2n) is 6.35. The lowest BCUT2D eigenvalue weighted by Crippen LogP contribution is -2.51. The lowest BCUT2D eigenvalue weighted by molar-refractivity contribution is -0.146. The van der Waals surface area contributed by atoms with Crippen molar-refractivity contribution in [2.45, 2.75) is 38.1 Å². The SMILES string of the molecule is O=C(O)CN1CCC[C@H](NP(=O)(O)CCCCc2ccccc2)C1=O. The zero-order valence-electron chi connectivity index (χ0n) is 14.1. The van der Waals surface area contributed by atoms with Crippen molar-refractivity contribution < 1.29 is 24.2 Å². The first-order valence-corrected chi connectivity index (χ1v) is 10.4. The molecule has 0 aliphatic carbocycles. The number of carbonyl (C=O) groups excluding carboxylic acids is 1. The highest BCUT2D eigenvalue weighted by Crippen LogP contribution is 2.38. The van der Waals surface area contributed by atoms with Gasteiger partial charge in [0, 0.05) is 12.7 Å². The minimum atomic E-state index is -3.63. The first-order valence-electron chi connectivity index (χ1n) is 8.51. The summed E-state index contributed by atoms with van der Waals surface area (Å²) in [6, 6.07) is 9.14. The van der Waals surface area contributed by atoms with Gasteiger partial charge in [0.25, 0.3) is 7.52 Å². The van der Waals surface area contributed by atoms with Crippen molar-refractivity contribution in [3.05, 3.63) is 35.9 Å². The second-order valence-corrected chi connectivity index (χ2v) is 8.45. The quantitative estimate of drug-likeness (QED) is 0.454. The van der Waals surface area contributed by atoms with E-state index in [1.807, 2.05) is 30.3 Å². The molecule has 0 bridgehead atoms. The fourth-order valence-electron chi connectivity index (χ4n) is 2.99. The molecular weight excluding hydrogens is 343 g/mol. The number of aryl methyl sites for hydroxylation is 1. The van der Waals surface area contributed by atoms with Gasteiger partial charge in [-0.2, -0.15) is 0 Å². The monoisotopic (exact) mass is 368 g/mol. The van der Waals surface area contributed by atoms with Crippen molar-refractivity contribution in [1.29, 1.82) is 0 Å². The molecule has 2 atom stereocenters. The molecule has 0 radical (unpaired) electrons. The zero-order valence-corrected chi connectivity index (χ0v) is 15.0.